The molecule has 1 aliphatic rings. The molecule has 0 N–H and O–H groups in total. The number of fused-ring (bicyclic) bond motifs is 1. The van der Waals surface area contributed by atoms with E-state index in [1.54, 1.807) is 25.2 Å². The summed E-state index contributed by atoms with van der Waals surface area (Å²) < 4.78 is 5.53. The van der Waals surface area contributed by atoms with Crippen molar-refractivity contribution < 1.29 is 14.3 Å². The minimum Gasteiger partial charge on any atom is -0.491 e. The predicted octanol–water partition coefficient (Wildman–Crippen LogP) is 1.17. The molecule has 1 heterocycles. The molecule has 1 aromatic rings. The summed E-state index contributed by atoms with van der Waals surface area (Å²) in [5, 5.41) is 8.56. The summed E-state index contributed by atoms with van der Waals surface area (Å²) in [4.78, 5) is 27.3. The van der Waals surface area contributed by atoms with Gasteiger partial charge in [0.2, 0.25) is 11.8 Å². The average molecular weight is 287 g/mol. The molecule has 21 heavy (non-hydrogen) atoms. The number of rotatable bonds is 4. The summed E-state index contributed by atoms with van der Waals surface area (Å²) in [5.41, 5.74) is 0.613. The Morgan fingerprint density at radius 2 is 2.24 bits per heavy atom. The van der Waals surface area contributed by atoms with Gasteiger partial charge in [-0.05, 0) is 12.1 Å². The van der Waals surface area contributed by atoms with E-state index in [2.05, 4.69) is 0 Å². The molecule has 0 saturated heterocycles. The summed E-state index contributed by atoms with van der Waals surface area (Å²) in [5.74, 6) is 0.271. The fourth-order valence-electron chi connectivity index (χ4n) is 2.09. The quantitative estimate of drug-likeness (QED) is 0.833. The maximum absolute atomic E-state index is 12.2. The van der Waals surface area contributed by atoms with Gasteiger partial charge in [0.15, 0.2) is 0 Å². The molecule has 0 unspecified atom stereocenters. The number of nitrogens with zero attached hydrogens (tertiary/aromatic N) is 3. The Bertz CT molecular complexity index is 580. The minimum atomic E-state index is -0.199. The van der Waals surface area contributed by atoms with Crippen molar-refractivity contribution in [1.29, 1.82) is 5.26 Å². The number of carbonyl (C=O) groups is 2. The zero-order valence-corrected chi connectivity index (χ0v) is 11.9. The van der Waals surface area contributed by atoms with E-state index in [1.165, 1.54) is 9.80 Å². The van der Waals surface area contributed by atoms with Gasteiger partial charge < -0.3 is 9.64 Å². The highest BCUT2D eigenvalue weighted by molar-refractivity contribution is 6.00. The SMILES string of the molecule is CN(CCC#N)C(=O)CN1C(=O)CCOc2ccccc21. The first-order chi connectivity index (χ1) is 10.1. The fourth-order valence-corrected chi connectivity index (χ4v) is 2.09. The normalized spacial score (nSPS) is 13.7. The lowest BCUT2D eigenvalue weighted by atomic mass is 10.2. The second kappa shape index (κ2) is 6.75. The highest BCUT2D eigenvalue weighted by Gasteiger charge is 2.25. The largest absolute Gasteiger partial charge is 0.491 e. The molecule has 2 rings (SSSR count). The van der Waals surface area contributed by atoms with Gasteiger partial charge in [-0.15, -0.1) is 0 Å². The number of amides is 2. The Labute approximate surface area is 123 Å². The third kappa shape index (κ3) is 3.51. The first-order valence-corrected chi connectivity index (χ1v) is 6.76. The van der Waals surface area contributed by atoms with Crippen LogP contribution in [0.1, 0.15) is 12.8 Å². The lowest BCUT2D eigenvalue weighted by molar-refractivity contribution is -0.130. The summed E-state index contributed by atoms with van der Waals surface area (Å²) >= 11 is 0. The van der Waals surface area contributed by atoms with Crippen LogP contribution in [0.3, 0.4) is 0 Å². The lowest BCUT2D eigenvalue weighted by Crippen LogP contribution is -2.41. The molecule has 1 aromatic carbocycles. The van der Waals surface area contributed by atoms with Crippen LogP contribution in [0, 0.1) is 11.3 Å². The standard InChI is InChI=1S/C15H17N3O3/c1-17(9-4-8-16)15(20)11-18-12-5-2-3-6-13(12)21-10-7-14(18)19/h2-3,5-6H,4,7,9-11H2,1H3. The van der Waals surface area contributed by atoms with Gasteiger partial charge in [-0.25, -0.2) is 0 Å². The molecule has 6 heteroatoms. The third-order valence-electron chi connectivity index (χ3n) is 3.31. The first kappa shape index (κ1) is 14.9. The molecule has 2 amide bonds. The molecule has 0 saturated carbocycles. The molecule has 0 fully saturated rings. The van der Waals surface area contributed by atoms with Gasteiger partial charge in [0.05, 0.1) is 31.2 Å². The first-order valence-electron chi connectivity index (χ1n) is 6.76. The summed E-state index contributed by atoms with van der Waals surface area (Å²) in [6.07, 6.45) is 0.514. The van der Waals surface area contributed by atoms with E-state index in [0.717, 1.165) is 0 Å². The second-order valence-electron chi connectivity index (χ2n) is 4.77. The van der Waals surface area contributed by atoms with Crippen molar-refractivity contribution in [2.75, 3.05) is 31.6 Å². The van der Waals surface area contributed by atoms with Gasteiger partial charge in [-0.3, -0.25) is 14.5 Å². The van der Waals surface area contributed by atoms with E-state index >= 15 is 0 Å². The van der Waals surface area contributed by atoms with Crippen LogP contribution in [0.25, 0.3) is 0 Å². The van der Waals surface area contributed by atoms with E-state index in [-0.39, 0.29) is 31.2 Å². The smallest absolute Gasteiger partial charge is 0.242 e. The topological polar surface area (TPSA) is 73.6 Å². The lowest BCUT2D eigenvalue weighted by Gasteiger charge is -2.24. The number of carbonyl (C=O) groups excluding carboxylic acids is 2. The Kier molecular flexibility index (Phi) is 4.77. The van der Waals surface area contributed by atoms with Gasteiger partial charge in [0, 0.05) is 13.6 Å². The van der Waals surface area contributed by atoms with Crippen molar-refractivity contribution in [3.63, 3.8) is 0 Å². The Balaban J connectivity index is 2.16. The zero-order valence-electron chi connectivity index (χ0n) is 11.9. The highest BCUT2D eigenvalue weighted by atomic mass is 16.5. The zero-order chi connectivity index (χ0) is 15.2. The van der Waals surface area contributed by atoms with E-state index in [4.69, 9.17) is 10.00 Å². The van der Waals surface area contributed by atoms with Crippen molar-refractivity contribution in [2.45, 2.75) is 12.8 Å². The molecule has 0 radical (unpaired) electrons. The van der Waals surface area contributed by atoms with Gasteiger partial charge in [0.1, 0.15) is 12.3 Å². The molecule has 0 spiro atoms. The number of benzene rings is 1. The second-order valence-corrected chi connectivity index (χ2v) is 4.77. The molecule has 6 nitrogen and oxygen atoms in total. The molecule has 0 atom stereocenters. The van der Waals surface area contributed by atoms with E-state index in [9.17, 15) is 9.59 Å². The molecule has 0 bridgehead atoms. The van der Waals surface area contributed by atoms with Crippen molar-refractivity contribution in [3.05, 3.63) is 24.3 Å². The van der Waals surface area contributed by atoms with Gasteiger partial charge in [-0.2, -0.15) is 5.26 Å². The monoisotopic (exact) mass is 287 g/mol. The molecular formula is C15H17N3O3. The number of anilines is 1. The van der Waals surface area contributed by atoms with Crippen LogP contribution in [0.5, 0.6) is 5.75 Å². The van der Waals surface area contributed by atoms with E-state index in [0.29, 0.717) is 24.6 Å². The maximum Gasteiger partial charge on any atom is 0.242 e. The number of hydrogen-bond donors (Lipinski definition) is 0. The highest BCUT2D eigenvalue weighted by Crippen LogP contribution is 2.30. The Morgan fingerprint density at radius 3 is 3.00 bits per heavy atom. The number of para-hydroxylation sites is 2. The number of nitriles is 1. The summed E-state index contributed by atoms with van der Waals surface area (Å²) in [7, 11) is 1.63. The van der Waals surface area contributed by atoms with Crippen LogP contribution < -0.4 is 9.64 Å². The van der Waals surface area contributed by atoms with E-state index in [1.807, 2.05) is 12.1 Å². The van der Waals surface area contributed by atoms with Crippen LogP contribution in [0.4, 0.5) is 5.69 Å². The predicted molar refractivity (Wildman–Crippen MR) is 76.8 cm³/mol. The van der Waals surface area contributed by atoms with Gasteiger partial charge in [-0.1, -0.05) is 12.1 Å². The van der Waals surface area contributed by atoms with Crippen molar-refractivity contribution in [3.8, 4) is 11.8 Å². The van der Waals surface area contributed by atoms with Gasteiger partial charge >= 0.3 is 0 Å². The summed E-state index contributed by atoms with van der Waals surface area (Å²) in [6.45, 7) is 0.626. The van der Waals surface area contributed by atoms with E-state index < -0.39 is 0 Å². The molecule has 0 aliphatic carbocycles. The van der Waals surface area contributed by atoms with Crippen LogP contribution in [-0.2, 0) is 9.59 Å². The molecule has 110 valence electrons. The van der Waals surface area contributed by atoms with Crippen LogP contribution in [0.2, 0.25) is 0 Å². The molecule has 1 aliphatic heterocycles. The van der Waals surface area contributed by atoms with Crippen molar-refractivity contribution in [1.82, 2.24) is 4.90 Å². The van der Waals surface area contributed by atoms with Crippen molar-refractivity contribution in [2.24, 2.45) is 0 Å². The number of ether oxygens (including phenoxy) is 1. The van der Waals surface area contributed by atoms with Crippen LogP contribution in [0.15, 0.2) is 24.3 Å². The summed E-state index contributed by atoms with van der Waals surface area (Å²) in [6, 6.07) is 9.17. The third-order valence-corrected chi connectivity index (χ3v) is 3.31. The molecule has 0 aromatic heterocycles. The maximum atomic E-state index is 12.2. The number of likely N-dealkylation sites (N-methyl/N-ethyl adjacent to an activating group) is 1. The number of hydrogen-bond acceptors (Lipinski definition) is 4. The van der Waals surface area contributed by atoms with Crippen LogP contribution >= 0.6 is 0 Å². The van der Waals surface area contributed by atoms with Gasteiger partial charge in [0.25, 0.3) is 0 Å². The minimum absolute atomic E-state index is 0.0405. The molecular weight excluding hydrogens is 270 g/mol. The Morgan fingerprint density at radius 1 is 1.48 bits per heavy atom. The van der Waals surface area contributed by atoms with Crippen LogP contribution in [-0.4, -0.2) is 43.5 Å². The fraction of sp³-hybridized carbons (Fsp3) is 0.400. The Hall–Kier alpha value is -2.55. The van der Waals surface area contributed by atoms with Crippen molar-refractivity contribution >= 4 is 17.5 Å². The average Bonchev–Trinajstić information content (AvgIpc) is 2.64.